The number of hydrogen-bond acceptors (Lipinski definition) is 5. The molecule has 1 aliphatic heterocycles. The van der Waals surface area contributed by atoms with Crippen LogP contribution in [0.3, 0.4) is 0 Å². The summed E-state index contributed by atoms with van der Waals surface area (Å²) in [6.45, 7) is 0.0821. The minimum atomic E-state index is -0.156. The maximum atomic E-state index is 12.1. The van der Waals surface area contributed by atoms with Crippen LogP contribution < -0.4 is 14.2 Å². The highest BCUT2D eigenvalue weighted by Gasteiger charge is 2.18. The summed E-state index contributed by atoms with van der Waals surface area (Å²) < 4.78 is 15.4. The molecule has 0 bridgehead atoms. The van der Waals surface area contributed by atoms with Gasteiger partial charge in [0.15, 0.2) is 17.3 Å². The molecule has 1 heterocycles. The molecule has 0 aromatic heterocycles. The Morgan fingerprint density at radius 2 is 2.14 bits per heavy atom. The van der Waals surface area contributed by atoms with Crippen molar-refractivity contribution >= 4 is 11.9 Å². The summed E-state index contributed by atoms with van der Waals surface area (Å²) in [5, 5.41) is 9.82. The second kappa shape index (κ2) is 5.81. The van der Waals surface area contributed by atoms with Crippen LogP contribution in [-0.2, 0) is 0 Å². The lowest BCUT2D eigenvalue weighted by Crippen LogP contribution is -1.94. The fourth-order valence-corrected chi connectivity index (χ4v) is 2.15. The Morgan fingerprint density at radius 3 is 2.95 bits per heavy atom. The van der Waals surface area contributed by atoms with E-state index >= 15 is 0 Å². The van der Waals surface area contributed by atoms with Gasteiger partial charge >= 0.3 is 0 Å². The molecule has 0 aliphatic carbocycles. The van der Waals surface area contributed by atoms with Crippen LogP contribution in [0.5, 0.6) is 23.0 Å². The maximum Gasteiger partial charge on any atom is 0.231 e. The van der Waals surface area contributed by atoms with Gasteiger partial charge in [-0.1, -0.05) is 18.2 Å². The average molecular weight is 298 g/mol. The minimum absolute atomic E-state index is 0.0107. The SMILES string of the molecule is COc1cccc(C(=O)/C=C/c2cc(O)c3c(c2)OCO3)c1. The van der Waals surface area contributed by atoms with Crippen molar-refractivity contribution in [2.75, 3.05) is 13.9 Å². The van der Waals surface area contributed by atoms with Gasteiger partial charge in [0.2, 0.25) is 12.5 Å². The van der Waals surface area contributed by atoms with E-state index in [1.54, 1.807) is 43.5 Å². The fourth-order valence-electron chi connectivity index (χ4n) is 2.15. The molecule has 0 atom stereocenters. The Labute approximate surface area is 127 Å². The van der Waals surface area contributed by atoms with E-state index in [4.69, 9.17) is 14.2 Å². The number of hydrogen-bond donors (Lipinski definition) is 1. The molecule has 0 spiro atoms. The van der Waals surface area contributed by atoms with Crippen LogP contribution in [0.15, 0.2) is 42.5 Å². The van der Waals surface area contributed by atoms with Gasteiger partial charge in [-0.05, 0) is 35.9 Å². The second-order valence-corrected chi connectivity index (χ2v) is 4.70. The summed E-state index contributed by atoms with van der Waals surface area (Å²) in [6, 6.07) is 10.1. The number of methoxy groups -OCH3 is 1. The van der Waals surface area contributed by atoms with Crippen LogP contribution in [0.2, 0.25) is 0 Å². The normalized spacial score (nSPS) is 12.6. The predicted molar refractivity (Wildman–Crippen MR) is 80.6 cm³/mol. The Morgan fingerprint density at radius 1 is 1.27 bits per heavy atom. The number of allylic oxidation sites excluding steroid dienone is 1. The smallest absolute Gasteiger partial charge is 0.231 e. The van der Waals surface area contributed by atoms with Crippen LogP contribution >= 0.6 is 0 Å². The monoisotopic (exact) mass is 298 g/mol. The number of carbonyl (C=O) groups is 1. The standard InChI is InChI=1S/C17H14O5/c1-20-13-4-2-3-12(9-13)14(18)6-5-11-7-15(19)17-16(8-11)21-10-22-17/h2-9,19H,10H2,1H3/b6-5+. The molecule has 5 heteroatoms. The minimum Gasteiger partial charge on any atom is -0.504 e. The van der Waals surface area contributed by atoms with E-state index in [1.165, 1.54) is 12.1 Å². The van der Waals surface area contributed by atoms with E-state index in [2.05, 4.69) is 0 Å². The number of ketones is 1. The van der Waals surface area contributed by atoms with E-state index in [0.717, 1.165) is 0 Å². The van der Waals surface area contributed by atoms with Crippen LogP contribution in [-0.4, -0.2) is 24.8 Å². The predicted octanol–water partition coefficient (Wildman–Crippen LogP) is 3.03. The van der Waals surface area contributed by atoms with Gasteiger partial charge in [0.05, 0.1) is 7.11 Å². The van der Waals surface area contributed by atoms with E-state index in [9.17, 15) is 9.90 Å². The topological polar surface area (TPSA) is 65.0 Å². The van der Waals surface area contributed by atoms with Crippen molar-refractivity contribution < 1.29 is 24.1 Å². The molecule has 0 saturated carbocycles. The van der Waals surface area contributed by atoms with Crippen molar-refractivity contribution in [1.29, 1.82) is 0 Å². The Kier molecular flexibility index (Phi) is 3.70. The lowest BCUT2D eigenvalue weighted by atomic mass is 10.1. The zero-order chi connectivity index (χ0) is 15.5. The number of phenols is 1. The molecule has 0 amide bonds. The summed E-state index contributed by atoms with van der Waals surface area (Å²) in [5.41, 5.74) is 1.18. The van der Waals surface area contributed by atoms with Crippen molar-refractivity contribution in [2.24, 2.45) is 0 Å². The third-order valence-corrected chi connectivity index (χ3v) is 3.26. The summed E-state index contributed by atoms with van der Waals surface area (Å²) >= 11 is 0. The number of ether oxygens (including phenoxy) is 3. The van der Waals surface area contributed by atoms with E-state index in [1.807, 2.05) is 0 Å². The van der Waals surface area contributed by atoms with Gasteiger partial charge in [-0.15, -0.1) is 0 Å². The van der Waals surface area contributed by atoms with Crippen LogP contribution in [0, 0.1) is 0 Å². The highest BCUT2D eigenvalue weighted by molar-refractivity contribution is 6.07. The molecular formula is C17H14O5. The number of carbonyl (C=O) groups excluding carboxylic acids is 1. The van der Waals surface area contributed by atoms with Crippen LogP contribution in [0.25, 0.3) is 6.08 Å². The third-order valence-electron chi connectivity index (χ3n) is 3.26. The first kappa shape index (κ1) is 14.0. The second-order valence-electron chi connectivity index (χ2n) is 4.70. The molecule has 0 unspecified atom stereocenters. The molecule has 5 nitrogen and oxygen atoms in total. The molecule has 1 aliphatic rings. The quantitative estimate of drug-likeness (QED) is 0.694. The molecule has 0 fully saturated rings. The molecular weight excluding hydrogens is 284 g/mol. The van der Waals surface area contributed by atoms with Gasteiger partial charge in [-0.3, -0.25) is 4.79 Å². The lowest BCUT2D eigenvalue weighted by molar-refractivity contribution is 0.104. The first-order chi connectivity index (χ1) is 10.7. The molecule has 22 heavy (non-hydrogen) atoms. The van der Waals surface area contributed by atoms with E-state index in [0.29, 0.717) is 28.4 Å². The molecule has 2 aromatic carbocycles. The molecule has 0 radical (unpaired) electrons. The number of rotatable bonds is 4. The number of aromatic hydroxyl groups is 1. The van der Waals surface area contributed by atoms with E-state index < -0.39 is 0 Å². The molecule has 2 aromatic rings. The number of phenolic OH excluding ortho intramolecular Hbond substituents is 1. The van der Waals surface area contributed by atoms with Gasteiger partial charge in [0.25, 0.3) is 0 Å². The maximum absolute atomic E-state index is 12.1. The zero-order valence-corrected chi connectivity index (χ0v) is 11.9. The Bertz CT molecular complexity index is 749. The summed E-state index contributed by atoms with van der Waals surface area (Å²) in [4.78, 5) is 12.1. The number of benzene rings is 2. The highest BCUT2D eigenvalue weighted by atomic mass is 16.7. The van der Waals surface area contributed by atoms with Crippen LogP contribution in [0.4, 0.5) is 0 Å². The van der Waals surface area contributed by atoms with Crippen molar-refractivity contribution in [3.63, 3.8) is 0 Å². The molecule has 0 saturated heterocycles. The first-order valence-electron chi connectivity index (χ1n) is 6.66. The molecule has 112 valence electrons. The van der Waals surface area contributed by atoms with Crippen molar-refractivity contribution in [1.82, 2.24) is 0 Å². The summed E-state index contributed by atoms with van der Waals surface area (Å²) in [7, 11) is 1.55. The molecule has 3 rings (SSSR count). The van der Waals surface area contributed by atoms with Gasteiger partial charge in [0.1, 0.15) is 5.75 Å². The summed E-state index contributed by atoms with van der Waals surface area (Å²) in [6.07, 6.45) is 3.05. The van der Waals surface area contributed by atoms with Gasteiger partial charge in [-0.25, -0.2) is 0 Å². The van der Waals surface area contributed by atoms with Crippen LogP contribution in [0.1, 0.15) is 15.9 Å². The van der Waals surface area contributed by atoms with E-state index in [-0.39, 0.29) is 18.3 Å². The van der Waals surface area contributed by atoms with Crippen molar-refractivity contribution in [3.05, 3.63) is 53.6 Å². The number of fused-ring (bicyclic) bond motifs is 1. The van der Waals surface area contributed by atoms with Gasteiger partial charge in [-0.2, -0.15) is 0 Å². The summed E-state index contributed by atoms with van der Waals surface area (Å²) in [5.74, 6) is 1.25. The lowest BCUT2D eigenvalue weighted by Gasteiger charge is -2.02. The molecule has 1 N–H and O–H groups in total. The van der Waals surface area contributed by atoms with Crippen molar-refractivity contribution in [2.45, 2.75) is 0 Å². The third kappa shape index (κ3) is 2.74. The Balaban J connectivity index is 1.82. The van der Waals surface area contributed by atoms with Gasteiger partial charge in [0, 0.05) is 5.56 Å². The highest BCUT2D eigenvalue weighted by Crippen LogP contribution is 2.41. The first-order valence-corrected chi connectivity index (χ1v) is 6.66. The van der Waals surface area contributed by atoms with Gasteiger partial charge < -0.3 is 19.3 Å². The van der Waals surface area contributed by atoms with Crippen molar-refractivity contribution in [3.8, 4) is 23.0 Å². The largest absolute Gasteiger partial charge is 0.504 e. The zero-order valence-electron chi connectivity index (χ0n) is 11.9. The fraction of sp³-hybridized carbons (Fsp3) is 0.118. The average Bonchev–Trinajstić information content (AvgIpc) is 3.01. The Hall–Kier alpha value is -2.95.